The van der Waals surface area contributed by atoms with Gasteiger partial charge in [-0.05, 0) is 12.8 Å². The van der Waals surface area contributed by atoms with Gasteiger partial charge in [-0.2, -0.15) is 0 Å². The fraction of sp³-hybridized carbons (Fsp3) is 0.900. The maximum Gasteiger partial charge on any atom is 0.248 e. The molecule has 16 heavy (non-hydrogen) atoms. The number of carbonyl (C=O) groups excluding carboxylic acids is 1. The van der Waals surface area contributed by atoms with Gasteiger partial charge < -0.3 is 4.89 Å². The minimum Gasteiger partial charge on any atom is -0.344 e. The quantitative estimate of drug-likeness (QED) is 0.766. The number of rotatable bonds is 4. The van der Waals surface area contributed by atoms with Crippen LogP contribution in [0.15, 0.2) is 0 Å². The van der Waals surface area contributed by atoms with Crippen molar-refractivity contribution in [2.45, 2.75) is 38.9 Å². The maximum atomic E-state index is 11.6. The van der Waals surface area contributed by atoms with Crippen LogP contribution >= 0.6 is 7.37 Å². The maximum absolute atomic E-state index is 11.6. The average molecular weight is 249 g/mol. The zero-order valence-electron chi connectivity index (χ0n) is 10.2. The summed E-state index contributed by atoms with van der Waals surface area (Å²) in [5.74, 6) is -0.127. The van der Waals surface area contributed by atoms with E-state index in [1.54, 1.807) is 6.92 Å². The van der Waals surface area contributed by atoms with Crippen LogP contribution in [0.4, 0.5) is 0 Å². The second-order valence-electron chi connectivity index (χ2n) is 4.59. The van der Waals surface area contributed by atoms with Crippen LogP contribution in [0.5, 0.6) is 0 Å². The highest BCUT2D eigenvalue weighted by Crippen LogP contribution is 2.46. The van der Waals surface area contributed by atoms with E-state index in [0.29, 0.717) is 13.0 Å². The third-order valence-corrected chi connectivity index (χ3v) is 5.42. The van der Waals surface area contributed by atoms with Crippen LogP contribution in [0.2, 0.25) is 0 Å². The second kappa shape index (κ2) is 4.86. The SMILES string of the molecule is CC(C(C)N1OCCC1=O)C(C)P(C)(=O)O. The Morgan fingerprint density at radius 2 is 2.00 bits per heavy atom. The average Bonchev–Trinajstić information content (AvgIpc) is 2.59. The lowest BCUT2D eigenvalue weighted by atomic mass is 10.00. The van der Waals surface area contributed by atoms with Crippen molar-refractivity contribution in [2.24, 2.45) is 5.92 Å². The second-order valence-corrected chi connectivity index (χ2v) is 7.29. The summed E-state index contributed by atoms with van der Waals surface area (Å²) in [4.78, 5) is 26.2. The normalized spacial score (nSPS) is 26.3. The molecule has 0 radical (unpaired) electrons. The van der Waals surface area contributed by atoms with E-state index in [4.69, 9.17) is 4.84 Å². The summed E-state index contributed by atoms with van der Waals surface area (Å²) >= 11 is 0. The Balaban J connectivity index is 2.70. The van der Waals surface area contributed by atoms with Crippen molar-refractivity contribution in [3.8, 4) is 0 Å². The molecule has 4 atom stereocenters. The van der Waals surface area contributed by atoms with Crippen molar-refractivity contribution >= 4 is 13.3 Å². The van der Waals surface area contributed by atoms with Crippen LogP contribution in [0.3, 0.4) is 0 Å². The Kier molecular flexibility index (Phi) is 4.16. The molecular formula is C10H20NO4P. The molecule has 94 valence electrons. The van der Waals surface area contributed by atoms with Crippen molar-refractivity contribution in [3.05, 3.63) is 0 Å². The Morgan fingerprint density at radius 3 is 2.38 bits per heavy atom. The number of hydrogen-bond acceptors (Lipinski definition) is 3. The van der Waals surface area contributed by atoms with E-state index >= 15 is 0 Å². The van der Waals surface area contributed by atoms with Crippen molar-refractivity contribution in [2.75, 3.05) is 13.3 Å². The largest absolute Gasteiger partial charge is 0.344 e. The van der Waals surface area contributed by atoms with Gasteiger partial charge >= 0.3 is 0 Å². The first-order valence-electron chi connectivity index (χ1n) is 5.50. The van der Waals surface area contributed by atoms with Gasteiger partial charge in [0.2, 0.25) is 13.3 Å². The smallest absolute Gasteiger partial charge is 0.248 e. The summed E-state index contributed by atoms with van der Waals surface area (Å²) in [5, 5.41) is 1.34. The van der Waals surface area contributed by atoms with Crippen molar-refractivity contribution in [3.63, 3.8) is 0 Å². The van der Waals surface area contributed by atoms with E-state index in [2.05, 4.69) is 0 Å². The first-order valence-corrected chi connectivity index (χ1v) is 7.67. The van der Waals surface area contributed by atoms with E-state index in [9.17, 15) is 14.3 Å². The predicted octanol–water partition coefficient (Wildman–Crippen LogP) is 1.46. The first kappa shape index (κ1) is 13.7. The van der Waals surface area contributed by atoms with Crippen LogP contribution in [0, 0.1) is 5.92 Å². The third kappa shape index (κ3) is 2.84. The molecule has 0 aromatic rings. The number of nitrogens with zero attached hydrogens (tertiary/aromatic N) is 1. The number of hydrogen-bond donors (Lipinski definition) is 1. The van der Waals surface area contributed by atoms with Crippen molar-refractivity contribution in [1.29, 1.82) is 0 Å². The zero-order valence-corrected chi connectivity index (χ0v) is 11.1. The molecule has 5 nitrogen and oxygen atoms in total. The summed E-state index contributed by atoms with van der Waals surface area (Å²) in [6, 6.07) is -0.176. The van der Waals surface area contributed by atoms with Crippen LogP contribution in [-0.2, 0) is 14.2 Å². The molecule has 0 aromatic carbocycles. The Bertz CT molecular complexity index is 308. The lowest BCUT2D eigenvalue weighted by Gasteiger charge is -2.32. The van der Waals surface area contributed by atoms with E-state index in [1.165, 1.54) is 11.7 Å². The Morgan fingerprint density at radius 1 is 1.44 bits per heavy atom. The molecule has 0 aromatic heterocycles. The van der Waals surface area contributed by atoms with E-state index < -0.39 is 7.37 Å². The van der Waals surface area contributed by atoms with Gasteiger partial charge in [0.15, 0.2) is 0 Å². The van der Waals surface area contributed by atoms with Crippen LogP contribution in [-0.4, -0.2) is 40.8 Å². The summed E-state index contributed by atoms with van der Waals surface area (Å²) < 4.78 is 11.6. The first-order chi connectivity index (χ1) is 7.25. The number of amides is 1. The van der Waals surface area contributed by atoms with Gasteiger partial charge in [0.1, 0.15) is 0 Å². The van der Waals surface area contributed by atoms with E-state index in [-0.39, 0.29) is 23.5 Å². The van der Waals surface area contributed by atoms with Crippen LogP contribution in [0.1, 0.15) is 27.2 Å². The fourth-order valence-corrected chi connectivity index (χ4v) is 2.93. The van der Waals surface area contributed by atoms with Gasteiger partial charge in [0.05, 0.1) is 19.1 Å². The Labute approximate surface area is 96.2 Å². The fourth-order valence-electron chi connectivity index (χ4n) is 1.81. The molecule has 0 bridgehead atoms. The lowest BCUT2D eigenvalue weighted by Crippen LogP contribution is -2.41. The zero-order chi connectivity index (χ0) is 12.5. The van der Waals surface area contributed by atoms with Crippen LogP contribution < -0.4 is 0 Å². The minimum atomic E-state index is -3.12. The molecule has 6 heteroatoms. The van der Waals surface area contributed by atoms with Gasteiger partial charge in [0, 0.05) is 12.3 Å². The topological polar surface area (TPSA) is 66.8 Å². The van der Waals surface area contributed by atoms with Gasteiger partial charge in [-0.15, -0.1) is 0 Å². The molecule has 0 spiro atoms. The molecule has 0 saturated carbocycles. The summed E-state index contributed by atoms with van der Waals surface area (Å²) in [6.07, 6.45) is 0.397. The standard InChI is InChI=1S/C10H20NO4P/c1-7(9(3)16(4,13)14)8(2)11-10(12)5-6-15-11/h7-9H,5-6H2,1-4H3,(H,13,14). The predicted molar refractivity (Wildman–Crippen MR) is 61.3 cm³/mol. The lowest BCUT2D eigenvalue weighted by molar-refractivity contribution is -0.177. The van der Waals surface area contributed by atoms with Gasteiger partial charge in [-0.25, -0.2) is 5.06 Å². The molecule has 4 unspecified atom stereocenters. The summed E-state index contributed by atoms with van der Waals surface area (Å²) in [7, 11) is -3.12. The Hall–Kier alpha value is -0.380. The minimum absolute atomic E-state index is 0.0459. The van der Waals surface area contributed by atoms with Crippen LogP contribution in [0.25, 0.3) is 0 Å². The highest BCUT2D eigenvalue weighted by molar-refractivity contribution is 7.57. The summed E-state index contributed by atoms with van der Waals surface area (Å²) in [6.45, 7) is 7.22. The molecule has 1 fully saturated rings. The molecule has 1 aliphatic heterocycles. The molecule has 1 rings (SSSR count). The molecule has 1 heterocycles. The van der Waals surface area contributed by atoms with Gasteiger partial charge in [-0.1, -0.05) is 13.8 Å². The molecular weight excluding hydrogens is 229 g/mol. The van der Waals surface area contributed by atoms with E-state index in [0.717, 1.165) is 0 Å². The highest BCUT2D eigenvalue weighted by atomic mass is 31.2. The highest BCUT2D eigenvalue weighted by Gasteiger charge is 2.36. The van der Waals surface area contributed by atoms with Crippen molar-refractivity contribution in [1.82, 2.24) is 5.06 Å². The van der Waals surface area contributed by atoms with Crippen molar-refractivity contribution < 1.29 is 19.1 Å². The summed E-state index contributed by atoms with van der Waals surface area (Å²) in [5.41, 5.74) is -0.348. The third-order valence-electron chi connectivity index (χ3n) is 3.44. The van der Waals surface area contributed by atoms with Gasteiger partial charge in [0.25, 0.3) is 0 Å². The number of hydroxylamine groups is 2. The van der Waals surface area contributed by atoms with E-state index in [1.807, 2.05) is 13.8 Å². The number of carbonyl (C=O) groups is 1. The molecule has 1 aliphatic rings. The van der Waals surface area contributed by atoms with Gasteiger partial charge in [-0.3, -0.25) is 14.2 Å². The molecule has 1 N–H and O–H groups in total. The molecule has 1 saturated heterocycles. The monoisotopic (exact) mass is 249 g/mol. The molecule has 1 amide bonds. The molecule has 0 aliphatic carbocycles.